The zero-order valence-corrected chi connectivity index (χ0v) is 11.8. The molecule has 0 bridgehead atoms. The zero-order valence-electron chi connectivity index (χ0n) is 11.8. The van der Waals surface area contributed by atoms with Crippen molar-refractivity contribution in [1.29, 1.82) is 0 Å². The highest BCUT2D eigenvalue weighted by molar-refractivity contribution is 5.51. The van der Waals surface area contributed by atoms with E-state index < -0.39 is 0 Å². The van der Waals surface area contributed by atoms with Crippen molar-refractivity contribution < 1.29 is 9.13 Å². The lowest BCUT2D eigenvalue weighted by molar-refractivity contribution is 0.0843. The fourth-order valence-corrected chi connectivity index (χ4v) is 1.67. The third-order valence-corrected chi connectivity index (χ3v) is 2.61. The average Bonchev–Trinajstić information content (AvgIpc) is 2.47. The second-order valence-electron chi connectivity index (χ2n) is 4.01. The summed E-state index contributed by atoms with van der Waals surface area (Å²) in [5, 5.41) is 3.24. The number of nitrogens with one attached hydrogen (secondary N) is 1. The van der Waals surface area contributed by atoms with Crippen molar-refractivity contribution in [1.82, 2.24) is 0 Å². The standard InChI is InChI=1S/C14H16FNO.C2H6/c1-11-5-3-2-4-8-16-14-7-6-13(15)9-12(14)10-17-11;1-2/h2-7,9,11,16H,8,10H2,1H3;1-2H3/b4-2-,5-3-;. The number of benzene rings is 1. The van der Waals surface area contributed by atoms with Gasteiger partial charge in [-0.15, -0.1) is 0 Å². The molecule has 0 saturated heterocycles. The summed E-state index contributed by atoms with van der Waals surface area (Å²) in [7, 11) is 0. The van der Waals surface area contributed by atoms with E-state index in [1.807, 2.05) is 45.1 Å². The van der Waals surface area contributed by atoms with Gasteiger partial charge in [-0.25, -0.2) is 4.39 Å². The lowest BCUT2D eigenvalue weighted by Gasteiger charge is -2.13. The Morgan fingerprint density at radius 1 is 1.26 bits per heavy atom. The molecule has 3 heteroatoms. The van der Waals surface area contributed by atoms with Gasteiger partial charge < -0.3 is 10.1 Å². The van der Waals surface area contributed by atoms with Crippen molar-refractivity contribution in [2.45, 2.75) is 33.5 Å². The highest BCUT2D eigenvalue weighted by Crippen LogP contribution is 2.19. The number of halogens is 1. The summed E-state index contributed by atoms with van der Waals surface area (Å²) in [6.45, 7) is 7.09. The normalized spacial score (nSPS) is 21.8. The van der Waals surface area contributed by atoms with Crippen LogP contribution in [0.3, 0.4) is 0 Å². The minimum Gasteiger partial charge on any atom is -0.381 e. The fraction of sp³-hybridized carbons (Fsp3) is 0.375. The van der Waals surface area contributed by atoms with Crippen molar-refractivity contribution in [3.05, 3.63) is 53.9 Å². The van der Waals surface area contributed by atoms with Crippen LogP contribution in [-0.2, 0) is 11.3 Å². The van der Waals surface area contributed by atoms with Gasteiger partial charge in [-0.2, -0.15) is 0 Å². The molecule has 0 spiro atoms. The number of hydrogen-bond donors (Lipinski definition) is 1. The molecule has 0 fully saturated rings. The van der Waals surface area contributed by atoms with Crippen molar-refractivity contribution in [3.63, 3.8) is 0 Å². The minimum atomic E-state index is -0.234. The fourth-order valence-electron chi connectivity index (χ4n) is 1.67. The highest BCUT2D eigenvalue weighted by atomic mass is 19.1. The summed E-state index contributed by atoms with van der Waals surface area (Å²) >= 11 is 0. The smallest absolute Gasteiger partial charge is 0.123 e. The van der Waals surface area contributed by atoms with Gasteiger partial charge >= 0.3 is 0 Å². The Morgan fingerprint density at radius 3 is 2.84 bits per heavy atom. The predicted octanol–water partition coefficient (Wildman–Crippen LogP) is 4.29. The average molecular weight is 263 g/mol. The molecule has 2 rings (SSSR count). The van der Waals surface area contributed by atoms with Crippen LogP contribution in [0.15, 0.2) is 42.5 Å². The van der Waals surface area contributed by atoms with E-state index in [1.54, 1.807) is 6.07 Å². The number of fused-ring (bicyclic) bond motifs is 1. The summed E-state index contributed by atoms with van der Waals surface area (Å²) in [6, 6.07) is 4.72. The Labute approximate surface area is 115 Å². The SMILES string of the molecule is CC.CC1/C=C\C=C/CNc2ccc(F)cc2CO1. The summed E-state index contributed by atoms with van der Waals surface area (Å²) in [6.07, 6.45) is 7.95. The van der Waals surface area contributed by atoms with E-state index in [9.17, 15) is 4.39 Å². The third-order valence-electron chi connectivity index (χ3n) is 2.61. The molecular formula is C16H22FNO. The summed E-state index contributed by atoms with van der Waals surface area (Å²) < 4.78 is 18.8. The quantitative estimate of drug-likeness (QED) is 0.753. The molecule has 0 amide bonds. The molecule has 1 atom stereocenters. The van der Waals surface area contributed by atoms with Crippen LogP contribution in [0.1, 0.15) is 26.3 Å². The van der Waals surface area contributed by atoms with E-state index in [0.717, 1.165) is 17.8 Å². The van der Waals surface area contributed by atoms with E-state index in [0.29, 0.717) is 6.61 Å². The zero-order chi connectivity index (χ0) is 14.1. The van der Waals surface area contributed by atoms with Crippen LogP contribution < -0.4 is 5.32 Å². The number of ether oxygens (including phenoxy) is 1. The second kappa shape index (κ2) is 8.48. The van der Waals surface area contributed by atoms with E-state index in [2.05, 4.69) is 5.32 Å². The van der Waals surface area contributed by atoms with Crippen LogP contribution in [0.2, 0.25) is 0 Å². The van der Waals surface area contributed by atoms with Gasteiger partial charge in [-0.1, -0.05) is 38.2 Å². The maximum Gasteiger partial charge on any atom is 0.123 e. The molecule has 0 radical (unpaired) electrons. The van der Waals surface area contributed by atoms with Crippen molar-refractivity contribution >= 4 is 5.69 Å². The summed E-state index contributed by atoms with van der Waals surface area (Å²) in [4.78, 5) is 0. The molecule has 1 aromatic rings. The van der Waals surface area contributed by atoms with Crippen molar-refractivity contribution in [2.24, 2.45) is 0 Å². The Balaban J connectivity index is 0.000000861. The molecule has 1 unspecified atom stereocenters. The first-order valence-corrected chi connectivity index (χ1v) is 6.73. The molecule has 1 N–H and O–H groups in total. The molecule has 1 aliphatic rings. The molecule has 0 saturated carbocycles. The first-order valence-electron chi connectivity index (χ1n) is 6.73. The number of anilines is 1. The van der Waals surface area contributed by atoms with Crippen molar-refractivity contribution in [3.8, 4) is 0 Å². The van der Waals surface area contributed by atoms with Crippen LogP contribution >= 0.6 is 0 Å². The molecule has 1 heterocycles. The number of allylic oxidation sites excluding steroid dienone is 2. The van der Waals surface area contributed by atoms with Gasteiger partial charge in [0.25, 0.3) is 0 Å². The second-order valence-corrected chi connectivity index (χ2v) is 4.01. The Hall–Kier alpha value is -1.61. The van der Waals surface area contributed by atoms with Crippen molar-refractivity contribution in [2.75, 3.05) is 11.9 Å². The predicted molar refractivity (Wildman–Crippen MR) is 78.8 cm³/mol. The molecule has 2 nitrogen and oxygen atoms in total. The molecule has 19 heavy (non-hydrogen) atoms. The molecule has 0 aliphatic carbocycles. The van der Waals surface area contributed by atoms with Crippen LogP contribution in [0.25, 0.3) is 0 Å². The van der Waals surface area contributed by atoms with Crippen LogP contribution in [-0.4, -0.2) is 12.6 Å². The molecule has 0 aromatic heterocycles. The lowest BCUT2D eigenvalue weighted by atomic mass is 10.2. The summed E-state index contributed by atoms with van der Waals surface area (Å²) in [5.74, 6) is -0.234. The first-order chi connectivity index (χ1) is 9.25. The van der Waals surface area contributed by atoms with Crippen LogP contribution in [0.4, 0.5) is 10.1 Å². The van der Waals surface area contributed by atoms with Crippen LogP contribution in [0.5, 0.6) is 0 Å². The van der Waals surface area contributed by atoms with Gasteiger partial charge in [0.05, 0.1) is 12.7 Å². The lowest BCUT2D eigenvalue weighted by Crippen LogP contribution is -2.07. The first kappa shape index (κ1) is 15.4. The third kappa shape index (κ3) is 5.26. The monoisotopic (exact) mass is 263 g/mol. The topological polar surface area (TPSA) is 21.3 Å². The Kier molecular flexibility index (Phi) is 6.90. The Bertz CT molecular complexity index is 440. The van der Waals surface area contributed by atoms with Gasteiger partial charge in [0.15, 0.2) is 0 Å². The number of rotatable bonds is 0. The minimum absolute atomic E-state index is 0.0221. The molecule has 1 aromatic carbocycles. The molecule has 1 aliphatic heterocycles. The molecule has 104 valence electrons. The highest BCUT2D eigenvalue weighted by Gasteiger charge is 2.06. The van der Waals surface area contributed by atoms with Gasteiger partial charge in [-0.3, -0.25) is 0 Å². The largest absolute Gasteiger partial charge is 0.381 e. The molecular weight excluding hydrogens is 241 g/mol. The van der Waals surface area contributed by atoms with Crippen LogP contribution in [0, 0.1) is 5.82 Å². The van der Waals surface area contributed by atoms with Gasteiger partial charge in [0, 0.05) is 17.8 Å². The summed E-state index contributed by atoms with van der Waals surface area (Å²) in [5.41, 5.74) is 1.77. The van der Waals surface area contributed by atoms with Gasteiger partial charge in [0.2, 0.25) is 0 Å². The van der Waals surface area contributed by atoms with E-state index in [4.69, 9.17) is 4.74 Å². The van der Waals surface area contributed by atoms with E-state index >= 15 is 0 Å². The number of hydrogen-bond acceptors (Lipinski definition) is 2. The van der Waals surface area contributed by atoms with Gasteiger partial charge in [0.1, 0.15) is 5.82 Å². The maximum absolute atomic E-state index is 13.2. The maximum atomic E-state index is 13.2. The van der Waals surface area contributed by atoms with E-state index in [-0.39, 0.29) is 11.9 Å². The van der Waals surface area contributed by atoms with Gasteiger partial charge in [-0.05, 0) is 25.1 Å². The van der Waals surface area contributed by atoms with E-state index in [1.165, 1.54) is 12.1 Å². The Morgan fingerprint density at radius 2 is 2.05 bits per heavy atom.